The summed E-state index contributed by atoms with van der Waals surface area (Å²) in [5, 5.41) is 19.7. The van der Waals surface area contributed by atoms with Crippen LogP contribution in [0.5, 0.6) is 5.75 Å². The van der Waals surface area contributed by atoms with Gasteiger partial charge in [-0.3, -0.25) is 4.79 Å². The summed E-state index contributed by atoms with van der Waals surface area (Å²) in [7, 11) is 0. The normalized spacial score (nSPS) is 12.0. The molecule has 3 rings (SSSR count). The summed E-state index contributed by atoms with van der Waals surface area (Å²) in [4.78, 5) is 13.0. The number of unbranched alkanes of at least 4 members (excludes halogenated alkanes) is 1. The van der Waals surface area contributed by atoms with E-state index < -0.39 is 5.54 Å². The van der Waals surface area contributed by atoms with Crippen LogP contribution in [-0.4, -0.2) is 35.6 Å². The summed E-state index contributed by atoms with van der Waals surface area (Å²) in [6.07, 6.45) is 2.93. The van der Waals surface area contributed by atoms with Gasteiger partial charge in [0.2, 0.25) is 5.43 Å². The third-order valence-corrected chi connectivity index (χ3v) is 5.01. The molecule has 0 fully saturated rings. The Labute approximate surface area is 163 Å². The van der Waals surface area contributed by atoms with Crippen LogP contribution in [0, 0.1) is 0 Å². The highest BCUT2D eigenvalue weighted by atomic mass is 16.5. The third-order valence-electron chi connectivity index (χ3n) is 5.01. The molecule has 0 aliphatic rings. The highest BCUT2D eigenvalue weighted by molar-refractivity contribution is 5.90. The van der Waals surface area contributed by atoms with Crippen LogP contribution in [0.2, 0.25) is 0 Å². The van der Waals surface area contributed by atoms with E-state index in [0.29, 0.717) is 47.1 Å². The fourth-order valence-corrected chi connectivity index (χ4v) is 3.06. The van der Waals surface area contributed by atoms with Crippen LogP contribution in [0.4, 0.5) is 0 Å². The molecule has 0 spiro atoms. The first-order valence-corrected chi connectivity index (χ1v) is 9.62. The number of aryl methyl sites for hydroxylation is 1. The lowest BCUT2D eigenvalue weighted by Crippen LogP contribution is -2.47. The minimum Gasteiger partial charge on any atom is -0.494 e. The van der Waals surface area contributed by atoms with E-state index in [9.17, 15) is 15.0 Å². The summed E-state index contributed by atoms with van der Waals surface area (Å²) in [5.41, 5.74) is 6.73. The molecule has 0 unspecified atom stereocenters. The fourth-order valence-electron chi connectivity index (χ4n) is 3.06. The smallest absolute Gasteiger partial charge is 0.200 e. The summed E-state index contributed by atoms with van der Waals surface area (Å²) in [6.45, 7) is 2.11. The van der Waals surface area contributed by atoms with Crippen molar-refractivity contribution in [3.05, 3.63) is 52.2 Å². The van der Waals surface area contributed by atoms with E-state index >= 15 is 0 Å². The molecular weight excluding hydrogens is 358 g/mol. The molecule has 1 aromatic heterocycles. The van der Waals surface area contributed by atoms with Crippen molar-refractivity contribution in [3.63, 3.8) is 0 Å². The lowest BCUT2D eigenvalue weighted by Gasteiger charge is -2.24. The zero-order chi connectivity index (χ0) is 20.1. The zero-order valence-electron chi connectivity index (χ0n) is 16.1. The van der Waals surface area contributed by atoms with Gasteiger partial charge in [0.25, 0.3) is 0 Å². The Morgan fingerprint density at radius 3 is 2.43 bits per heavy atom. The molecule has 3 aromatic rings. The van der Waals surface area contributed by atoms with Crippen LogP contribution in [0.15, 0.2) is 45.6 Å². The van der Waals surface area contributed by atoms with Crippen molar-refractivity contribution >= 4 is 21.9 Å². The van der Waals surface area contributed by atoms with E-state index in [1.807, 2.05) is 12.1 Å². The van der Waals surface area contributed by atoms with Gasteiger partial charge in [-0.1, -0.05) is 19.4 Å². The van der Waals surface area contributed by atoms with E-state index in [4.69, 9.17) is 14.9 Å². The van der Waals surface area contributed by atoms with E-state index in [1.54, 1.807) is 24.3 Å². The first-order valence-electron chi connectivity index (χ1n) is 9.62. The van der Waals surface area contributed by atoms with Crippen LogP contribution >= 0.6 is 0 Å². The fraction of sp³-hybridized carbons (Fsp3) is 0.409. The standard InChI is InChI=1S/C22H27NO5/c1-2-3-10-27-16-5-7-20-18(12-16)21(26)17-11-15(4-6-19(17)28-20)8-9-22(23,13-24)14-25/h4-7,11-12,24-25H,2-3,8-10,13-14,23H2,1H3. The van der Waals surface area contributed by atoms with Crippen molar-refractivity contribution in [2.45, 2.75) is 38.1 Å². The Hall–Kier alpha value is -2.41. The van der Waals surface area contributed by atoms with Gasteiger partial charge in [0.05, 0.1) is 36.1 Å². The van der Waals surface area contributed by atoms with E-state index in [1.165, 1.54) is 0 Å². The molecule has 0 bridgehead atoms. The molecule has 0 aliphatic heterocycles. The number of hydrogen-bond donors (Lipinski definition) is 3. The average molecular weight is 385 g/mol. The second-order valence-electron chi connectivity index (χ2n) is 7.30. The minimum absolute atomic E-state index is 0.109. The number of aliphatic hydroxyl groups excluding tert-OH is 2. The summed E-state index contributed by atoms with van der Waals surface area (Å²) in [6, 6.07) is 10.7. The molecule has 28 heavy (non-hydrogen) atoms. The molecule has 0 saturated carbocycles. The van der Waals surface area contributed by atoms with Gasteiger partial charge in [-0.2, -0.15) is 0 Å². The van der Waals surface area contributed by atoms with Crippen LogP contribution in [-0.2, 0) is 6.42 Å². The highest BCUT2D eigenvalue weighted by Crippen LogP contribution is 2.24. The van der Waals surface area contributed by atoms with Crippen molar-refractivity contribution < 1.29 is 19.4 Å². The summed E-state index contributed by atoms with van der Waals surface area (Å²) >= 11 is 0. The quantitative estimate of drug-likeness (QED) is 0.386. The molecule has 0 radical (unpaired) electrons. The van der Waals surface area contributed by atoms with E-state index in [2.05, 4.69) is 6.92 Å². The molecule has 150 valence electrons. The predicted octanol–water partition coefficient (Wildman–Crippen LogP) is 2.74. The van der Waals surface area contributed by atoms with Gasteiger partial charge >= 0.3 is 0 Å². The molecule has 6 heteroatoms. The molecule has 0 saturated heterocycles. The van der Waals surface area contributed by atoms with Crippen molar-refractivity contribution in [2.24, 2.45) is 5.73 Å². The first-order chi connectivity index (χ1) is 13.5. The lowest BCUT2D eigenvalue weighted by atomic mass is 9.93. The molecule has 0 aliphatic carbocycles. The Morgan fingerprint density at radius 1 is 1.07 bits per heavy atom. The van der Waals surface area contributed by atoms with Crippen LogP contribution in [0.1, 0.15) is 31.7 Å². The number of benzene rings is 2. The monoisotopic (exact) mass is 385 g/mol. The number of nitrogens with two attached hydrogens (primary N) is 1. The number of fused-ring (bicyclic) bond motifs is 2. The Bertz CT molecular complexity index is 1010. The molecule has 4 N–H and O–H groups in total. The Morgan fingerprint density at radius 2 is 1.75 bits per heavy atom. The van der Waals surface area contributed by atoms with Gasteiger partial charge in [0.15, 0.2) is 0 Å². The van der Waals surface area contributed by atoms with Crippen molar-refractivity contribution in [1.29, 1.82) is 0 Å². The van der Waals surface area contributed by atoms with Gasteiger partial charge in [-0.25, -0.2) is 0 Å². The van der Waals surface area contributed by atoms with Crippen LogP contribution < -0.4 is 15.9 Å². The summed E-state index contributed by atoms with van der Waals surface area (Å²) in [5.74, 6) is 0.655. The molecule has 0 amide bonds. The third kappa shape index (κ3) is 4.35. The predicted molar refractivity (Wildman–Crippen MR) is 110 cm³/mol. The highest BCUT2D eigenvalue weighted by Gasteiger charge is 2.22. The van der Waals surface area contributed by atoms with Crippen molar-refractivity contribution in [2.75, 3.05) is 19.8 Å². The number of rotatable bonds is 9. The topological polar surface area (TPSA) is 106 Å². The van der Waals surface area contributed by atoms with Gasteiger partial charge < -0.3 is 25.1 Å². The lowest BCUT2D eigenvalue weighted by molar-refractivity contribution is 0.115. The second kappa shape index (κ2) is 8.73. The molecule has 2 aromatic carbocycles. The SMILES string of the molecule is CCCCOc1ccc2oc3ccc(CCC(N)(CO)CO)cc3c(=O)c2c1. The number of ether oxygens (including phenoxy) is 1. The number of aliphatic hydroxyl groups is 2. The zero-order valence-corrected chi connectivity index (χ0v) is 16.1. The Balaban J connectivity index is 1.94. The van der Waals surface area contributed by atoms with E-state index in [0.717, 1.165) is 18.4 Å². The van der Waals surface area contributed by atoms with Gasteiger partial charge in [-0.15, -0.1) is 0 Å². The molecule has 0 atom stereocenters. The molecule has 1 heterocycles. The number of hydrogen-bond acceptors (Lipinski definition) is 6. The van der Waals surface area contributed by atoms with Gasteiger partial charge in [-0.05, 0) is 55.2 Å². The molecular formula is C22H27NO5. The van der Waals surface area contributed by atoms with E-state index in [-0.39, 0.29) is 18.6 Å². The van der Waals surface area contributed by atoms with Crippen molar-refractivity contribution in [1.82, 2.24) is 0 Å². The first kappa shape index (κ1) is 20.3. The average Bonchev–Trinajstić information content (AvgIpc) is 2.73. The van der Waals surface area contributed by atoms with Crippen LogP contribution in [0.3, 0.4) is 0 Å². The van der Waals surface area contributed by atoms with Gasteiger partial charge in [0, 0.05) is 0 Å². The maximum absolute atomic E-state index is 13.0. The second-order valence-corrected chi connectivity index (χ2v) is 7.30. The maximum Gasteiger partial charge on any atom is 0.200 e. The van der Waals surface area contributed by atoms with Crippen LogP contribution in [0.25, 0.3) is 21.9 Å². The minimum atomic E-state index is -1.03. The maximum atomic E-state index is 13.0. The Kier molecular flexibility index (Phi) is 6.34. The largest absolute Gasteiger partial charge is 0.494 e. The van der Waals surface area contributed by atoms with Gasteiger partial charge in [0.1, 0.15) is 16.9 Å². The molecule has 6 nitrogen and oxygen atoms in total. The van der Waals surface area contributed by atoms with Crippen molar-refractivity contribution in [3.8, 4) is 5.75 Å². The summed E-state index contributed by atoms with van der Waals surface area (Å²) < 4.78 is 11.6.